The van der Waals surface area contributed by atoms with Gasteiger partial charge in [-0.1, -0.05) is 26.0 Å². The van der Waals surface area contributed by atoms with Gasteiger partial charge in [0.05, 0.1) is 23.0 Å². The van der Waals surface area contributed by atoms with Crippen LogP contribution in [0.5, 0.6) is 0 Å². The number of carbonyl (C=O) groups excluding carboxylic acids is 1. The van der Waals surface area contributed by atoms with Crippen molar-refractivity contribution in [2.45, 2.75) is 45.2 Å². The van der Waals surface area contributed by atoms with E-state index in [1.165, 1.54) is 0 Å². The van der Waals surface area contributed by atoms with Gasteiger partial charge >= 0.3 is 12.1 Å². The smallest absolute Gasteiger partial charge is 0.407 e. The van der Waals surface area contributed by atoms with E-state index in [1.54, 1.807) is 4.90 Å². The molecule has 1 aliphatic heterocycles. The Morgan fingerprint density at radius 2 is 1.87 bits per heavy atom. The Hall–Kier alpha value is -3.10. The molecule has 2 aliphatic rings. The van der Waals surface area contributed by atoms with Crippen LogP contribution in [-0.4, -0.2) is 73.2 Å². The number of carbonyl (C=O) groups is 3. The molecule has 31 heavy (non-hydrogen) atoms. The van der Waals surface area contributed by atoms with Crippen LogP contribution in [0.15, 0.2) is 24.3 Å². The maximum atomic E-state index is 13.8. The van der Waals surface area contributed by atoms with Gasteiger partial charge in [-0.25, -0.2) is 9.78 Å². The summed E-state index contributed by atoms with van der Waals surface area (Å²) in [5.74, 6) is -1.68. The fourth-order valence-corrected chi connectivity index (χ4v) is 4.45. The van der Waals surface area contributed by atoms with E-state index in [2.05, 4.69) is 4.98 Å². The number of fused-ring (bicyclic) bond motifs is 1. The van der Waals surface area contributed by atoms with Crippen LogP contribution in [0.1, 0.15) is 49.8 Å². The highest BCUT2D eigenvalue weighted by Crippen LogP contribution is 2.39. The zero-order valence-electron chi connectivity index (χ0n) is 17.8. The summed E-state index contributed by atoms with van der Waals surface area (Å²) in [5.41, 5.74) is 1.67. The molecular weight excluding hydrogens is 400 g/mol. The minimum Gasteiger partial charge on any atom is -0.481 e. The van der Waals surface area contributed by atoms with Crippen molar-refractivity contribution in [2.24, 2.45) is 11.8 Å². The first-order chi connectivity index (χ1) is 14.8. The van der Waals surface area contributed by atoms with Crippen molar-refractivity contribution in [3.05, 3.63) is 30.1 Å². The predicted molar refractivity (Wildman–Crippen MR) is 113 cm³/mol. The van der Waals surface area contributed by atoms with Crippen molar-refractivity contribution in [1.82, 2.24) is 19.4 Å². The summed E-state index contributed by atoms with van der Waals surface area (Å²) in [4.78, 5) is 44.5. The first kappa shape index (κ1) is 21.1. The number of hydrogen-bond acceptors (Lipinski definition) is 4. The molecule has 2 amide bonds. The molecular formula is C22H28N4O5. The summed E-state index contributed by atoms with van der Waals surface area (Å²) in [6.45, 7) is 4.40. The van der Waals surface area contributed by atoms with E-state index in [1.807, 2.05) is 42.7 Å². The minimum atomic E-state index is -1.17. The summed E-state index contributed by atoms with van der Waals surface area (Å²) in [5, 5.41) is 19.1. The first-order valence-electron chi connectivity index (χ1n) is 10.7. The zero-order valence-corrected chi connectivity index (χ0v) is 17.8. The lowest BCUT2D eigenvalue weighted by atomic mass is 9.92. The third-order valence-electron chi connectivity index (χ3n) is 6.01. The largest absolute Gasteiger partial charge is 0.481 e. The summed E-state index contributed by atoms with van der Waals surface area (Å²) in [6.07, 6.45) is 1.03. The molecule has 9 heteroatoms. The number of amides is 2. The Morgan fingerprint density at radius 1 is 1.16 bits per heavy atom. The van der Waals surface area contributed by atoms with Crippen LogP contribution < -0.4 is 0 Å². The van der Waals surface area contributed by atoms with E-state index in [0.717, 1.165) is 28.8 Å². The Balaban J connectivity index is 1.72. The van der Waals surface area contributed by atoms with Gasteiger partial charge in [-0.3, -0.25) is 9.59 Å². The predicted octanol–water partition coefficient (Wildman–Crippen LogP) is 2.92. The second kappa shape index (κ2) is 8.20. The van der Waals surface area contributed by atoms with E-state index >= 15 is 0 Å². The molecule has 2 N–H and O–H groups in total. The van der Waals surface area contributed by atoms with Gasteiger partial charge in [0.1, 0.15) is 0 Å². The number of para-hydroxylation sites is 2. The number of hydrogen-bond donors (Lipinski definition) is 2. The lowest BCUT2D eigenvalue weighted by molar-refractivity contribution is -0.144. The number of piperidine rings is 1. The Kier molecular flexibility index (Phi) is 5.60. The van der Waals surface area contributed by atoms with Crippen molar-refractivity contribution in [1.29, 1.82) is 0 Å². The van der Waals surface area contributed by atoms with E-state index in [4.69, 9.17) is 0 Å². The summed E-state index contributed by atoms with van der Waals surface area (Å²) < 4.78 is 2.00. The SMILES string of the molecule is CC(C)CN(C(=O)c1nc2ccccc2n1C1CC1)[C@H]1C[C@@H](C(=O)O)CN(C(=O)O)C1. The van der Waals surface area contributed by atoms with Crippen molar-refractivity contribution >= 4 is 29.0 Å². The number of imidazole rings is 1. The molecule has 2 aromatic rings. The van der Waals surface area contributed by atoms with E-state index < -0.39 is 24.0 Å². The Morgan fingerprint density at radius 3 is 2.48 bits per heavy atom. The molecule has 1 saturated heterocycles. The molecule has 1 aliphatic carbocycles. The summed E-state index contributed by atoms with van der Waals surface area (Å²) >= 11 is 0. The number of carboxylic acids is 1. The van der Waals surface area contributed by atoms with Crippen LogP contribution in [0.4, 0.5) is 4.79 Å². The van der Waals surface area contributed by atoms with Crippen molar-refractivity contribution in [3.8, 4) is 0 Å². The topological polar surface area (TPSA) is 116 Å². The van der Waals surface area contributed by atoms with Gasteiger partial charge in [-0.15, -0.1) is 0 Å². The van der Waals surface area contributed by atoms with Crippen LogP contribution in [-0.2, 0) is 4.79 Å². The highest BCUT2D eigenvalue weighted by molar-refractivity contribution is 5.95. The molecule has 0 unspecified atom stereocenters. The highest BCUT2D eigenvalue weighted by Gasteiger charge is 2.40. The summed E-state index contributed by atoms with van der Waals surface area (Å²) in [7, 11) is 0. The van der Waals surface area contributed by atoms with Crippen molar-refractivity contribution in [3.63, 3.8) is 0 Å². The van der Waals surface area contributed by atoms with Gasteiger partial charge < -0.3 is 24.6 Å². The molecule has 0 spiro atoms. The molecule has 2 heterocycles. The third-order valence-corrected chi connectivity index (χ3v) is 6.01. The van der Waals surface area contributed by atoms with Gasteiger partial charge in [0.2, 0.25) is 5.82 Å². The second-order valence-electron chi connectivity index (χ2n) is 8.99. The fraction of sp³-hybridized carbons (Fsp3) is 0.545. The number of aliphatic carboxylic acids is 1. The van der Waals surface area contributed by atoms with Crippen LogP contribution >= 0.6 is 0 Å². The van der Waals surface area contributed by atoms with E-state index in [0.29, 0.717) is 12.4 Å². The molecule has 2 atom stereocenters. The third kappa shape index (κ3) is 4.22. The van der Waals surface area contributed by atoms with Gasteiger partial charge in [0.15, 0.2) is 0 Å². The standard InChI is InChI=1S/C22H28N4O5/c1-13(2)10-25(16-9-14(21(28)29)11-24(12-16)22(30)31)20(27)19-23-17-5-3-4-6-18(17)26(19)15-7-8-15/h3-6,13-16H,7-12H2,1-2H3,(H,28,29)(H,30,31)/t14-,16+/m1/s1. The first-order valence-corrected chi connectivity index (χ1v) is 10.7. The van der Waals surface area contributed by atoms with E-state index in [9.17, 15) is 24.6 Å². The van der Waals surface area contributed by atoms with Crippen LogP contribution in [0.3, 0.4) is 0 Å². The molecule has 0 radical (unpaired) electrons. The lowest BCUT2D eigenvalue weighted by Gasteiger charge is -2.41. The normalized spacial score (nSPS) is 21.5. The molecule has 1 saturated carbocycles. The molecule has 1 aromatic heterocycles. The second-order valence-corrected chi connectivity index (χ2v) is 8.99. The van der Waals surface area contributed by atoms with Gasteiger partial charge in [-0.05, 0) is 37.3 Å². The average Bonchev–Trinajstić information content (AvgIpc) is 3.50. The van der Waals surface area contributed by atoms with Gasteiger partial charge in [0, 0.05) is 25.7 Å². The number of likely N-dealkylation sites (tertiary alicyclic amines) is 1. The van der Waals surface area contributed by atoms with E-state index in [-0.39, 0.29) is 37.4 Å². The number of rotatable bonds is 6. The van der Waals surface area contributed by atoms with Crippen LogP contribution in [0.2, 0.25) is 0 Å². The lowest BCUT2D eigenvalue weighted by Crippen LogP contribution is -2.56. The number of aromatic nitrogens is 2. The number of carboxylic acid groups (broad SMARTS) is 2. The highest BCUT2D eigenvalue weighted by atomic mass is 16.4. The van der Waals surface area contributed by atoms with Crippen LogP contribution in [0.25, 0.3) is 11.0 Å². The van der Waals surface area contributed by atoms with Gasteiger partial charge in [0.25, 0.3) is 5.91 Å². The molecule has 4 rings (SSSR count). The number of benzene rings is 1. The molecule has 9 nitrogen and oxygen atoms in total. The number of nitrogens with zero attached hydrogens (tertiary/aromatic N) is 4. The molecule has 1 aromatic carbocycles. The zero-order chi connectivity index (χ0) is 22.3. The van der Waals surface area contributed by atoms with Crippen molar-refractivity contribution < 1.29 is 24.6 Å². The Bertz CT molecular complexity index is 990. The fourth-order valence-electron chi connectivity index (χ4n) is 4.45. The monoisotopic (exact) mass is 428 g/mol. The Labute approximate surface area is 180 Å². The minimum absolute atomic E-state index is 0.0640. The van der Waals surface area contributed by atoms with Gasteiger partial charge in [-0.2, -0.15) is 0 Å². The summed E-state index contributed by atoms with van der Waals surface area (Å²) in [6, 6.07) is 7.36. The molecule has 166 valence electrons. The maximum Gasteiger partial charge on any atom is 0.407 e. The molecule has 2 fully saturated rings. The molecule has 0 bridgehead atoms. The quantitative estimate of drug-likeness (QED) is 0.731. The maximum absolute atomic E-state index is 13.8. The van der Waals surface area contributed by atoms with Crippen molar-refractivity contribution in [2.75, 3.05) is 19.6 Å². The van der Waals surface area contributed by atoms with Crippen LogP contribution in [0, 0.1) is 11.8 Å². The average molecular weight is 428 g/mol.